The molecular weight excluding hydrogens is 358 g/mol. The molecule has 150 valence electrons. The zero-order valence-electron chi connectivity index (χ0n) is 16.3. The van der Waals surface area contributed by atoms with E-state index < -0.39 is 6.09 Å². The number of aromatic nitrogens is 2. The summed E-state index contributed by atoms with van der Waals surface area (Å²) in [7, 11) is 0. The number of ether oxygens (including phenoxy) is 1. The van der Waals surface area contributed by atoms with Crippen molar-refractivity contribution in [3.8, 4) is 5.88 Å². The van der Waals surface area contributed by atoms with Gasteiger partial charge in [-0.3, -0.25) is 0 Å². The largest absolute Gasteiger partial charge is 0.474 e. The molecule has 8 heteroatoms. The molecule has 3 rings (SSSR count). The Morgan fingerprint density at radius 1 is 1.29 bits per heavy atom. The summed E-state index contributed by atoms with van der Waals surface area (Å²) in [4.78, 5) is 20.9. The van der Waals surface area contributed by atoms with E-state index in [4.69, 9.17) is 9.84 Å². The highest BCUT2D eigenvalue weighted by atomic mass is 16.5. The molecule has 0 unspecified atom stereocenters. The van der Waals surface area contributed by atoms with E-state index in [1.165, 1.54) is 11.2 Å². The van der Waals surface area contributed by atoms with Crippen LogP contribution in [-0.2, 0) is 0 Å². The summed E-state index contributed by atoms with van der Waals surface area (Å²) in [6.45, 7) is 6.10. The number of anilines is 3. The van der Waals surface area contributed by atoms with Crippen molar-refractivity contribution in [2.75, 3.05) is 30.3 Å². The molecular formula is C20H27N5O3. The van der Waals surface area contributed by atoms with Crippen LogP contribution in [0.2, 0.25) is 0 Å². The average molecular weight is 385 g/mol. The Labute approximate surface area is 165 Å². The number of nitrogens with one attached hydrogen (secondary N) is 2. The second-order valence-electron chi connectivity index (χ2n) is 6.91. The highest BCUT2D eigenvalue weighted by molar-refractivity contribution is 5.65. The van der Waals surface area contributed by atoms with Crippen molar-refractivity contribution in [1.82, 2.24) is 14.9 Å². The smallest absolute Gasteiger partial charge is 0.407 e. The first-order valence-electron chi connectivity index (χ1n) is 9.63. The van der Waals surface area contributed by atoms with Crippen molar-refractivity contribution < 1.29 is 14.6 Å². The molecule has 0 radical (unpaired) electrons. The molecule has 2 aromatic rings. The molecule has 8 nitrogen and oxygen atoms in total. The molecule has 1 aliphatic rings. The SMILES string of the molecule is CCCNc1ccc(Nc2cc(OC3CCN(C(=O)O)CC3)ncn2)c(C)c1. The molecule has 1 aliphatic heterocycles. The van der Waals surface area contributed by atoms with Crippen molar-refractivity contribution in [3.63, 3.8) is 0 Å². The van der Waals surface area contributed by atoms with Crippen molar-refractivity contribution in [2.45, 2.75) is 39.2 Å². The standard InChI is InChI=1S/C20H27N5O3/c1-3-8-21-15-4-5-17(14(2)11-15)24-18-12-19(23-13-22-18)28-16-6-9-25(10-7-16)20(26)27/h4-5,11-13,16,21H,3,6-10H2,1-2H3,(H,26,27)(H,22,23,24). The minimum atomic E-state index is -0.877. The average Bonchev–Trinajstić information content (AvgIpc) is 2.69. The van der Waals surface area contributed by atoms with Crippen LogP contribution in [0, 0.1) is 6.92 Å². The molecule has 0 spiro atoms. The molecule has 28 heavy (non-hydrogen) atoms. The van der Waals surface area contributed by atoms with Gasteiger partial charge < -0.3 is 25.4 Å². The molecule has 0 aliphatic carbocycles. The quantitative estimate of drug-likeness (QED) is 0.665. The Balaban J connectivity index is 1.60. The maximum absolute atomic E-state index is 11.0. The number of hydrogen-bond acceptors (Lipinski definition) is 6. The van der Waals surface area contributed by atoms with Crippen molar-refractivity contribution in [3.05, 3.63) is 36.2 Å². The molecule has 1 aromatic heterocycles. The number of carbonyl (C=O) groups is 1. The molecule has 3 N–H and O–H groups in total. The lowest BCUT2D eigenvalue weighted by Gasteiger charge is -2.29. The third-order valence-electron chi connectivity index (χ3n) is 4.71. The number of amides is 1. The van der Waals surface area contributed by atoms with E-state index in [1.54, 1.807) is 6.07 Å². The van der Waals surface area contributed by atoms with Gasteiger partial charge in [0.05, 0.1) is 0 Å². The Kier molecular flexibility index (Phi) is 6.52. The lowest BCUT2D eigenvalue weighted by Crippen LogP contribution is -2.41. The van der Waals surface area contributed by atoms with E-state index in [-0.39, 0.29) is 6.10 Å². The van der Waals surface area contributed by atoms with Crippen molar-refractivity contribution in [1.29, 1.82) is 0 Å². The van der Waals surface area contributed by atoms with Gasteiger partial charge in [0.1, 0.15) is 18.2 Å². The number of piperidine rings is 1. The van der Waals surface area contributed by atoms with Gasteiger partial charge in [-0.25, -0.2) is 14.8 Å². The van der Waals surface area contributed by atoms with Gasteiger partial charge in [-0.05, 0) is 37.1 Å². The Morgan fingerprint density at radius 2 is 2.07 bits per heavy atom. The topological polar surface area (TPSA) is 99.6 Å². The number of benzene rings is 1. The summed E-state index contributed by atoms with van der Waals surface area (Å²) >= 11 is 0. The van der Waals surface area contributed by atoms with Crippen LogP contribution in [0.3, 0.4) is 0 Å². The fourth-order valence-electron chi connectivity index (χ4n) is 3.13. The number of aryl methyl sites for hydroxylation is 1. The van der Waals surface area contributed by atoms with E-state index in [0.29, 0.717) is 37.6 Å². The molecule has 1 saturated heterocycles. The second-order valence-corrected chi connectivity index (χ2v) is 6.91. The summed E-state index contributed by atoms with van der Waals surface area (Å²) in [6.07, 6.45) is 2.95. The Bertz CT molecular complexity index is 806. The number of carboxylic acid groups (broad SMARTS) is 1. The maximum Gasteiger partial charge on any atom is 0.407 e. The zero-order valence-corrected chi connectivity index (χ0v) is 16.3. The van der Waals surface area contributed by atoms with Crippen LogP contribution in [0.15, 0.2) is 30.6 Å². The lowest BCUT2D eigenvalue weighted by molar-refractivity contribution is 0.0870. The minimum Gasteiger partial charge on any atom is -0.474 e. The summed E-state index contributed by atoms with van der Waals surface area (Å²) in [5.74, 6) is 1.15. The predicted octanol–water partition coefficient (Wildman–Crippen LogP) is 3.87. The van der Waals surface area contributed by atoms with E-state index in [0.717, 1.165) is 29.9 Å². The van der Waals surface area contributed by atoms with Crippen LogP contribution in [-0.4, -0.2) is 51.8 Å². The van der Waals surface area contributed by atoms with Crippen LogP contribution < -0.4 is 15.4 Å². The summed E-state index contributed by atoms with van der Waals surface area (Å²) in [6, 6.07) is 7.94. The summed E-state index contributed by atoms with van der Waals surface area (Å²) < 4.78 is 5.93. The number of likely N-dealkylation sites (tertiary alicyclic amines) is 1. The second kappa shape index (κ2) is 9.25. The normalized spacial score (nSPS) is 14.6. The first-order chi connectivity index (χ1) is 13.5. The van der Waals surface area contributed by atoms with Crippen molar-refractivity contribution >= 4 is 23.3 Å². The molecule has 0 atom stereocenters. The van der Waals surface area contributed by atoms with Crippen LogP contribution >= 0.6 is 0 Å². The summed E-state index contributed by atoms with van der Waals surface area (Å²) in [5, 5.41) is 15.7. The fourth-order valence-corrected chi connectivity index (χ4v) is 3.13. The Hall–Kier alpha value is -3.03. The first-order valence-corrected chi connectivity index (χ1v) is 9.63. The number of rotatable bonds is 7. The fraction of sp³-hybridized carbons (Fsp3) is 0.450. The molecule has 0 saturated carbocycles. The highest BCUT2D eigenvalue weighted by Gasteiger charge is 2.23. The maximum atomic E-state index is 11.0. The molecule has 1 amide bonds. The minimum absolute atomic E-state index is 0.0380. The Morgan fingerprint density at radius 3 is 2.75 bits per heavy atom. The third kappa shape index (κ3) is 5.25. The lowest BCUT2D eigenvalue weighted by atomic mass is 10.1. The molecule has 0 bridgehead atoms. The summed E-state index contributed by atoms with van der Waals surface area (Å²) in [5.41, 5.74) is 3.19. The van der Waals surface area contributed by atoms with Crippen LogP contribution in [0.25, 0.3) is 0 Å². The zero-order chi connectivity index (χ0) is 19.9. The van der Waals surface area contributed by atoms with Gasteiger partial charge in [0.15, 0.2) is 0 Å². The van der Waals surface area contributed by atoms with Crippen LogP contribution in [0.5, 0.6) is 5.88 Å². The van der Waals surface area contributed by atoms with E-state index in [9.17, 15) is 4.79 Å². The van der Waals surface area contributed by atoms with Crippen LogP contribution in [0.1, 0.15) is 31.7 Å². The van der Waals surface area contributed by atoms with Crippen molar-refractivity contribution in [2.24, 2.45) is 0 Å². The van der Waals surface area contributed by atoms with Gasteiger partial charge in [-0.2, -0.15) is 0 Å². The number of hydrogen-bond donors (Lipinski definition) is 3. The van der Waals surface area contributed by atoms with Gasteiger partial charge in [-0.1, -0.05) is 6.92 Å². The predicted molar refractivity (Wildman–Crippen MR) is 109 cm³/mol. The molecule has 1 fully saturated rings. The van der Waals surface area contributed by atoms with E-state index >= 15 is 0 Å². The molecule has 1 aromatic carbocycles. The monoisotopic (exact) mass is 385 g/mol. The van der Waals surface area contributed by atoms with E-state index in [2.05, 4.69) is 33.6 Å². The highest BCUT2D eigenvalue weighted by Crippen LogP contribution is 2.25. The van der Waals surface area contributed by atoms with Crippen LogP contribution in [0.4, 0.5) is 22.0 Å². The third-order valence-corrected chi connectivity index (χ3v) is 4.71. The first kappa shape index (κ1) is 19.7. The van der Waals surface area contributed by atoms with Gasteiger partial charge >= 0.3 is 6.09 Å². The molecule has 2 heterocycles. The van der Waals surface area contributed by atoms with E-state index in [1.807, 2.05) is 19.1 Å². The number of nitrogens with zero attached hydrogens (tertiary/aromatic N) is 3. The van der Waals surface area contributed by atoms with Gasteiger partial charge in [0, 0.05) is 49.9 Å². The van der Waals surface area contributed by atoms with Gasteiger partial charge in [-0.15, -0.1) is 0 Å². The van der Waals surface area contributed by atoms with Gasteiger partial charge in [0.2, 0.25) is 5.88 Å². The van der Waals surface area contributed by atoms with Gasteiger partial charge in [0.25, 0.3) is 0 Å².